The normalized spacial score (nSPS) is 12.1. The number of hydrogen-bond acceptors (Lipinski definition) is 9. The monoisotopic (exact) mass is 344 g/mol. The van der Waals surface area contributed by atoms with Crippen molar-refractivity contribution < 1.29 is 9.84 Å². The van der Waals surface area contributed by atoms with Gasteiger partial charge in [0.2, 0.25) is 11.6 Å². The molecule has 0 amide bonds. The van der Waals surface area contributed by atoms with Crippen molar-refractivity contribution in [2.75, 3.05) is 24.3 Å². The van der Waals surface area contributed by atoms with Crippen molar-refractivity contribution in [1.29, 1.82) is 0 Å². The number of aromatic nitrogens is 5. The molecule has 2 heterocycles. The van der Waals surface area contributed by atoms with Crippen molar-refractivity contribution in [2.45, 2.75) is 19.5 Å². The molecule has 0 saturated heterocycles. The van der Waals surface area contributed by atoms with Crippen LogP contribution >= 0.6 is 0 Å². The molecule has 0 bridgehead atoms. The summed E-state index contributed by atoms with van der Waals surface area (Å²) in [6.45, 7) is 2.74. The fraction of sp³-hybridized carbons (Fsp3) is 0.333. The van der Waals surface area contributed by atoms with Gasteiger partial charge in [0, 0.05) is 24.7 Å². The number of nitrogens with two attached hydrogens (primary N) is 1. The largest absolute Gasteiger partial charge is 0.504 e. The van der Waals surface area contributed by atoms with E-state index in [1.165, 1.54) is 7.11 Å². The number of methoxy groups -OCH3 is 1. The lowest BCUT2D eigenvalue weighted by Gasteiger charge is -2.12. The van der Waals surface area contributed by atoms with Gasteiger partial charge in [0.25, 0.3) is 0 Å². The third-order valence-corrected chi connectivity index (χ3v) is 3.51. The Morgan fingerprint density at radius 1 is 1.28 bits per heavy atom. The van der Waals surface area contributed by atoms with Crippen LogP contribution in [-0.4, -0.2) is 50.2 Å². The number of fused-ring (bicyclic) bond motifs is 1. The average molecular weight is 344 g/mol. The number of nitrogens with one attached hydrogen (secondary N) is 3. The number of hydrogen-bond donors (Lipinski definition) is 5. The van der Waals surface area contributed by atoms with E-state index in [2.05, 4.69) is 36.0 Å². The number of anilines is 2. The van der Waals surface area contributed by atoms with Crippen molar-refractivity contribution in [2.24, 2.45) is 5.73 Å². The summed E-state index contributed by atoms with van der Waals surface area (Å²) in [5.41, 5.74) is 7.35. The van der Waals surface area contributed by atoms with Gasteiger partial charge >= 0.3 is 0 Å². The summed E-state index contributed by atoms with van der Waals surface area (Å²) in [5, 5.41) is 27.0. The van der Waals surface area contributed by atoms with Gasteiger partial charge in [0.1, 0.15) is 0 Å². The van der Waals surface area contributed by atoms with Crippen LogP contribution < -0.4 is 21.1 Å². The lowest BCUT2D eigenvalue weighted by Crippen LogP contribution is -2.26. The van der Waals surface area contributed by atoms with Crippen LogP contribution in [0.5, 0.6) is 11.5 Å². The molecule has 25 heavy (non-hydrogen) atoms. The second-order valence-corrected chi connectivity index (χ2v) is 5.57. The molecule has 0 fully saturated rings. The number of H-pyrrole nitrogens is 1. The van der Waals surface area contributed by atoms with Crippen molar-refractivity contribution in [3.8, 4) is 11.5 Å². The number of phenolic OH excluding ortho intramolecular Hbond substituents is 1. The summed E-state index contributed by atoms with van der Waals surface area (Å²) in [4.78, 5) is 8.68. The molecule has 1 atom stereocenters. The maximum absolute atomic E-state index is 10.2. The molecule has 1 unspecified atom stereocenters. The van der Waals surface area contributed by atoms with Gasteiger partial charge in [-0.3, -0.25) is 0 Å². The number of ether oxygens (including phenoxy) is 1. The summed E-state index contributed by atoms with van der Waals surface area (Å²) in [6, 6.07) is 5.25. The van der Waals surface area contributed by atoms with Crippen molar-refractivity contribution in [3.05, 3.63) is 23.8 Å². The van der Waals surface area contributed by atoms with Crippen LogP contribution in [-0.2, 0) is 6.54 Å². The second kappa shape index (κ2) is 7.18. The Bertz CT molecular complexity index is 864. The molecule has 132 valence electrons. The molecule has 0 saturated carbocycles. The van der Waals surface area contributed by atoms with Crippen molar-refractivity contribution in [1.82, 2.24) is 25.4 Å². The number of nitrogens with zero attached hydrogens (tertiary/aromatic N) is 4. The first-order valence-corrected chi connectivity index (χ1v) is 7.75. The smallest absolute Gasteiger partial charge is 0.226 e. The first-order valence-electron chi connectivity index (χ1n) is 7.75. The van der Waals surface area contributed by atoms with Crippen LogP contribution in [0.15, 0.2) is 18.2 Å². The summed E-state index contributed by atoms with van der Waals surface area (Å²) in [5.74, 6) is 1.38. The third-order valence-electron chi connectivity index (χ3n) is 3.51. The molecule has 3 aromatic rings. The lowest BCUT2D eigenvalue weighted by atomic mass is 10.2. The molecular formula is C15H20N8O2. The molecule has 3 rings (SSSR count). The van der Waals surface area contributed by atoms with Gasteiger partial charge in [0.05, 0.1) is 7.11 Å². The Morgan fingerprint density at radius 3 is 2.88 bits per heavy atom. The zero-order valence-corrected chi connectivity index (χ0v) is 13.9. The van der Waals surface area contributed by atoms with E-state index < -0.39 is 0 Å². The van der Waals surface area contributed by atoms with Crippen molar-refractivity contribution >= 4 is 22.9 Å². The highest BCUT2D eigenvalue weighted by molar-refractivity contribution is 5.83. The number of aromatic amines is 1. The minimum absolute atomic E-state index is 0.0401. The summed E-state index contributed by atoms with van der Waals surface area (Å²) < 4.78 is 5.12. The predicted octanol–water partition coefficient (Wildman–Crippen LogP) is 0.833. The Balaban J connectivity index is 1.84. The van der Waals surface area contributed by atoms with E-state index >= 15 is 0 Å². The van der Waals surface area contributed by atoms with Gasteiger partial charge in [-0.2, -0.15) is 20.3 Å². The minimum atomic E-state index is -0.0401. The van der Waals surface area contributed by atoms with Gasteiger partial charge in [-0.25, -0.2) is 0 Å². The lowest BCUT2D eigenvalue weighted by molar-refractivity contribution is 0.371. The quantitative estimate of drug-likeness (QED) is 0.420. The van der Waals surface area contributed by atoms with E-state index in [-0.39, 0.29) is 11.8 Å². The van der Waals surface area contributed by atoms with E-state index in [0.29, 0.717) is 47.3 Å². The SMILES string of the molecule is COc1cccc(CNc2nc(NCC(C)N)nc3n[nH]nc23)c1O. The Hall–Kier alpha value is -3.14. The maximum atomic E-state index is 10.2. The fourth-order valence-corrected chi connectivity index (χ4v) is 2.25. The van der Waals surface area contributed by atoms with Gasteiger partial charge in [-0.15, -0.1) is 5.10 Å². The minimum Gasteiger partial charge on any atom is -0.504 e. The molecule has 0 radical (unpaired) electrons. The van der Waals surface area contributed by atoms with Crippen LogP contribution in [0, 0.1) is 0 Å². The molecule has 0 aliphatic heterocycles. The standard InChI is InChI=1S/C15H20N8O2/c1-8(16)6-18-15-19-13(11-14(20-15)22-23-21-11)17-7-9-4-3-5-10(25-2)12(9)24/h3-5,8,24H,6-7,16H2,1-2H3,(H3,17,18,19,20,21,22,23). The van der Waals surface area contributed by atoms with Crippen LogP contribution in [0.2, 0.25) is 0 Å². The molecule has 1 aromatic carbocycles. The van der Waals surface area contributed by atoms with E-state index in [1.54, 1.807) is 18.2 Å². The zero-order chi connectivity index (χ0) is 17.8. The van der Waals surface area contributed by atoms with E-state index in [0.717, 1.165) is 0 Å². The first-order chi connectivity index (χ1) is 12.1. The van der Waals surface area contributed by atoms with E-state index in [1.807, 2.05) is 6.92 Å². The summed E-state index contributed by atoms with van der Waals surface area (Å²) in [6.07, 6.45) is 0. The van der Waals surface area contributed by atoms with Gasteiger partial charge in [-0.1, -0.05) is 12.1 Å². The molecule has 10 heteroatoms. The second-order valence-electron chi connectivity index (χ2n) is 5.57. The first kappa shape index (κ1) is 16.7. The third kappa shape index (κ3) is 3.69. The van der Waals surface area contributed by atoms with Gasteiger partial charge in [-0.05, 0) is 13.0 Å². The molecule has 10 nitrogen and oxygen atoms in total. The zero-order valence-electron chi connectivity index (χ0n) is 13.9. The van der Waals surface area contributed by atoms with Crippen LogP contribution in [0.4, 0.5) is 11.8 Å². The Labute approximate surface area is 143 Å². The number of rotatable bonds is 7. The number of benzene rings is 1. The van der Waals surface area contributed by atoms with E-state index in [9.17, 15) is 5.11 Å². The molecule has 2 aromatic heterocycles. The molecule has 0 aliphatic carbocycles. The van der Waals surface area contributed by atoms with Crippen LogP contribution in [0.25, 0.3) is 11.2 Å². The van der Waals surface area contributed by atoms with Crippen LogP contribution in [0.3, 0.4) is 0 Å². The highest BCUT2D eigenvalue weighted by atomic mass is 16.5. The number of para-hydroxylation sites is 1. The van der Waals surface area contributed by atoms with Gasteiger partial charge < -0.3 is 26.2 Å². The number of phenols is 1. The molecular weight excluding hydrogens is 324 g/mol. The number of aromatic hydroxyl groups is 1. The summed E-state index contributed by atoms with van der Waals surface area (Å²) in [7, 11) is 1.51. The highest BCUT2D eigenvalue weighted by Gasteiger charge is 2.13. The fourth-order valence-electron chi connectivity index (χ4n) is 2.25. The Kier molecular flexibility index (Phi) is 4.80. The highest BCUT2D eigenvalue weighted by Crippen LogP contribution is 2.30. The van der Waals surface area contributed by atoms with Crippen molar-refractivity contribution in [3.63, 3.8) is 0 Å². The molecule has 0 spiro atoms. The molecule has 0 aliphatic rings. The van der Waals surface area contributed by atoms with Crippen LogP contribution in [0.1, 0.15) is 12.5 Å². The van der Waals surface area contributed by atoms with Gasteiger partial charge in [0.15, 0.2) is 22.8 Å². The maximum Gasteiger partial charge on any atom is 0.226 e. The topological polar surface area (TPSA) is 147 Å². The average Bonchev–Trinajstić information content (AvgIpc) is 3.07. The summed E-state index contributed by atoms with van der Waals surface area (Å²) >= 11 is 0. The predicted molar refractivity (Wildman–Crippen MR) is 93.6 cm³/mol. The molecule has 6 N–H and O–H groups in total. The van der Waals surface area contributed by atoms with E-state index in [4.69, 9.17) is 10.5 Å². The Morgan fingerprint density at radius 2 is 2.12 bits per heavy atom.